The summed E-state index contributed by atoms with van der Waals surface area (Å²) in [6, 6.07) is 0. The number of esters is 1. The molecule has 0 amide bonds. The molecule has 0 aliphatic heterocycles. The van der Waals surface area contributed by atoms with Crippen LogP contribution < -0.4 is 0 Å². The van der Waals surface area contributed by atoms with Crippen LogP contribution in [0.3, 0.4) is 0 Å². The van der Waals surface area contributed by atoms with Crippen molar-refractivity contribution in [3.63, 3.8) is 0 Å². The highest BCUT2D eigenvalue weighted by Gasteiger charge is 2.28. The summed E-state index contributed by atoms with van der Waals surface area (Å²) in [4.78, 5) is 11.2. The van der Waals surface area contributed by atoms with Crippen molar-refractivity contribution in [3.05, 3.63) is 12.2 Å². The third-order valence-corrected chi connectivity index (χ3v) is 2.60. The summed E-state index contributed by atoms with van der Waals surface area (Å²) in [6.45, 7) is 2.79. The number of aliphatic hydroxyl groups excluding tert-OH is 5. The summed E-state index contributed by atoms with van der Waals surface area (Å²) in [7, 11) is 0. The maximum absolute atomic E-state index is 11.2. The molecule has 0 saturated heterocycles. The molecule has 0 bridgehead atoms. The molecular weight excluding hydrogens is 256 g/mol. The van der Waals surface area contributed by atoms with Crippen molar-refractivity contribution >= 4 is 5.97 Å². The fraction of sp³-hybridized carbons (Fsp3) is 0.750. The molecular formula is C12H22O7. The van der Waals surface area contributed by atoms with Gasteiger partial charge in [-0.1, -0.05) is 6.92 Å². The van der Waals surface area contributed by atoms with Crippen LogP contribution in [0.2, 0.25) is 0 Å². The third-order valence-electron chi connectivity index (χ3n) is 2.60. The molecule has 5 N–H and O–H groups in total. The lowest BCUT2D eigenvalue weighted by Crippen LogP contribution is -2.45. The number of ether oxygens (including phenoxy) is 1. The first-order valence-corrected chi connectivity index (χ1v) is 6.05. The van der Waals surface area contributed by atoms with Crippen LogP contribution in [-0.4, -0.2) is 68.6 Å². The van der Waals surface area contributed by atoms with Crippen LogP contribution in [0.1, 0.15) is 20.3 Å². The van der Waals surface area contributed by atoms with Crippen LogP contribution >= 0.6 is 0 Å². The van der Waals surface area contributed by atoms with E-state index < -0.39 is 37.0 Å². The molecule has 7 nitrogen and oxygen atoms in total. The number of hydrogen-bond donors (Lipinski definition) is 5. The number of carbonyl (C=O) groups is 1. The van der Waals surface area contributed by atoms with Crippen molar-refractivity contribution in [3.8, 4) is 0 Å². The topological polar surface area (TPSA) is 127 Å². The van der Waals surface area contributed by atoms with Crippen molar-refractivity contribution in [1.82, 2.24) is 0 Å². The largest absolute Gasteiger partial charge is 0.460 e. The fourth-order valence-electron chi connectivity index (χ4n) is 1.15. The smallest absolute Gasteiger partial charge is 0.330 e. The van der Waals surface area contributed by atoms with E-state index in [0.29, 0.717) is 6.42 Å². The maximum Gasteiger partial charge on any atom is 0.330 e. The molecule has 7 heteroatoms. The number of carbonyl (C=O) groups excluding carboxylic acids is 1. The van der Waals surface area contributed by atoms with E-state index in [9.17, 15) is 20.1 Å². The molecule has 0 radical (unpaired) electrons. The molecule has 0 heterocycles. The van der Waals surface area contributed by atoms with E-state index in [0.717, 1.165) is 12.2 Å². The number of rotatable bonds is 8. The van der Waals surface area contributed by atoms with Gasteiger partial charge in [0, 0.05) is 6.08 Å². The molecule has 5 unspecified atom stereocenters. The summed E-state index contributed by atoms with van der Waals surface area (Å²) in [6.07, 6.45) is -4.34. The second-order valence-electron chi connectivity index (χ2n) is 4.24. The van der Waals surface area contributed by atoms with Crippen LogP contribution in [0.4, 0.5) is 0 Å². The van der Waals surface area contributed by atoms with Crippen LogP contribution in [0.5, 0.6) is 0 Å². The Bertz CT molecular complexity index is 292. The highest BCUT2D eigenvalue weighted by atomic mass is 16.5. The lowest BCUT2D eigenvalue weighted by Gasteiger charge is -2.23. The second kappa shape index (κ2) is 9.00. The highest BCUT2D eigenvalue weighted by Crippen LogP contribution is 2.06. The van der Waals surface area contributed by atoms with Crippen molar-refractivity contribution in [1.29, 1.82) is 0 Å². The molecule has 0 fully saturated rings. The standard InChI is InChI=1S/C12H22O7/c1-3-7(2)19-10(16)5-4-8(14)11(17)12(18)9(15)6-13/h4-5,7-9,11-15,17-18H,3,6H2,1-2H3/b5-4+. The lowest BCUT2D eigenvalue weighted by atomic mass is 10.0. The molecule has 112 valence electrons. The average molecular weight is 278 g/mol. The predicted octanol–water partition coefficient (Wildman–Crippen LogP) is -1.68. The van der Waals surface area contributed by atoms with Crippen LogP contribution in [0.15, 0.2) is 12.2 Å². The van der Waals surface area contributed by atoms with Gasteiger partial charge in [0.15, 0.2) is 0 Å². The van der Waals surface area contributed by atoms with Gasteiger partial charge in [0.05, 0.1) is 12.7 Å². The van der Waals surface area contributed by atoms with Gasteiger partial charge in [-0.3, -0.25) is 0 Å². The molecule has 0 aromatic rings. The zero-order valence-electron chi connectivity index (χ0n) is 11.0. The summed E-state index contributed by atoms with van der Waals surface area (Å²) in [5, 5.41) is 45.9. The van der Waals surface area contributed by atoms with Gasteiger partial charge in [0.1, 0.15) is 24.4 Å². The molecule has 0 aromatic heterocycles. The van der Waals surface area contributed by atoms with Gasteiger partial charge in [0.2, 0.25) is 0 Å². The number of aliphatic hydroxyl groups is 5. The minimum atomic E-state index is -1.73. The van der Waals surface area contributed by atoms with Gasteiger partial charge in [-0.25, -0.2) is 4.79 Å². The van der Waals surface area contributed by atoms with Crippen molar-refractivity contribution in [2.75, 3.05) is 6.61 Å². The molecule has 0 rings (SSSR count). The van der Waals surface area contributed by atoms with E-state index in [-0.39, 0.29) is 6.10 Å². The zero-order chi connectivity index (χ0) is 15.0. The first-order valence-electron chi connectivity index (χ1n) is 6.05. The second-order valence-corrected chi connectivity index (χ2v) is 4.24. The van der Waals surface area contributed by atoms with Gasteiger partial charge in [-0.05, 0) is 19.4 Å². The minimum absolute atomic E-state index is 0.263. The van der Waals surface area contributed by atoms with Crippen LogP contribution in [-0.2, 0) is 9.53 Å². The Balaban J connectivity index is 4.35. The first-order chi connectivity index (χ1) is 8.83. The Morgan fingerprint density at radius 3 is 2.26 bits per heavy atom. The monoisotopic (exact) mass is 278 g/mol. The lowest BCUT2D eigenvalue weighted by molar-refractivity contribution is -0.142. The van der Waals surface area contributed by atoms with E-state index in [1.54, 1.807) is 6.92 Å². The first kappa shape index (κ1) is 18.0. The Labute approximate surface area is 111 Å². The Morgan fingerprint density at radius 1 is 1.21 bits per heavy atom. The highest BCUT2D eigenvalue weighted by molar-refractivity contribution is 5.82. The van der Waals surface area contributed by atoms with E-state index in [2.05, 4.69) is 0 Å². The van der Waals surface area contributed by atoms with E-state index in [1.807, 2.05) is 6.92 Å². The quantitative estimate of drug-likeness (QED) is 0.265. The summed E-state index contributed by atoms with van der Waals surface area (Å²) in [5.74, 6) is -0.683. The Hall–Kier alpha value is -0.990. The van der Waals surface area contributed by atoms with Crippen molar-refractivity contribution in [2.45, 2.75) is 50.8 Å². The van der Waals surface area contributed by atoms with Crippen molar-refractivity contribution < 1.29 is 35.1 Å². The summed E-state index contributed by atoms with van der Waals surface area (Å²) >= 11 is 0. The average Bonchev–Trinajstić information content (AvgIpc) is 2.41. The number of hydrogen-bond acceptors (Lipinski definition) is 7. The molecule has 0 saturated carbocycles. The van der Waals surface area contributed by atoms with Crippen LogP contribution in [0.25, 0.3) is 0 Å². The summed E-state index contributed by atoms with van der Waals surface area (Å²) < 4.78 is 4.89. The van der Waals surface area contributed by atoms with Gasteiger partial charge in [0.25, 0.3) is 0 Å². The molecule has 0 spiro atoms. The SMILES string of the molecule is CCC(C)OC(=O)/C=C/C(O)C(O)C(O)C(O)CO. The Morgan fingerprint density at radius 2 is 1.79 bits per heavy atom. The van der Waals surface area contributed by atoms with Gasteiger partial charge >= 0.3 is 5.97 Å². The van der Waals surface area contributed by atoms with Crippen LogP contribution in [0, 0.1) is 0 Å². The fourth-order valence-corrected chi connectivity index (χ4v) is 1.15. The maximum atomic E-state index is 11.2. The van der Waals surface area contributed by atoms with Gasteiger partial charge in [-0.2, -0.15) is 0 Å². The molecule has 5 atom stereocenters. The molecule has 0 aliphatic rings. The van der Waals surface area contributed by atoms with E-state index in [1.165, 1.54) is 0 Å². The van der Waals surface area contributed by atoms with E-state index in [4.69, 9.17) is 14.9 Å². The Kier molecular flexibility index (Phi) is 8.53. The molecule has 0 aliphatic carbocycles. The zero-order valence-corrected chi connectivity index (χ0v) is 11.0. The third kappa shape index (κ3) is 6.65. The minimum Gasteiger partial charge on any atom is -0.460 e. The van der Waals surface area contributed by atoms with Gasteiger partial charge in [-0.15, -0.1) is 0 Å². The molecule has 19 heavy (non-hydrogen) atoms. The summed E-state index contributed by atoms with van der Waals surface area (Å²) in [5.41, 5.74) is 0. The van der Waals surface area contributed by atoms with E-state index >= 15 is 0 Å². The van der Waals surface area contributed by atoms with Crippen molar-refractivity contribution in [2.24, 2.45) is 0 Å². The predicted molar refractivity (Wildman–Crippen MR) is 66.1 cm³/mol. The molecule has 0 aromatic carbocycles. The van der Waals surface area contributed by atoms with Gasteiger partial charge < -0.3 is 30.3 Å². The normalized spacial score (nSPS) is 19.7.